The van der Waals surface area contributed by atoms with E-state index in [0.717, 1.165) is 11.8 Å². The Morgan fingerprint density at radius 1 is 0.906 bits per heavy atom. The van der Waals surface area contributed by atoms with Gasteiger partial charge in [0, 0.05) is 29.1 Å². The van der Waals surface area contributed by atoms with E-state index in [0.29, 0.717) is 29.0 Å². The average Bonchev–Trinajstić information content (AvgIpc) is 2.75. The number of alkyl halides is 3. The minimum atomic E-state index is -5.25. The number of hydrogen-bond donors (Lipinski definition) is 0. The van der Waals surface area contributed by atoms with Gasteiger partial charge in [0.1, 0.15) is 0 Å². The topological polar surface area (TPSA) is 35.0 Å². The minimum absolute atomic E-state index is 0.0526. The van der Waals surface area contributed by atoms with Crippen LogP contribution in [-0.2, 0) is 0 Å². The van der Waals surface area contributed by atoms with Gasteiger partial charge >= 0.3 is 6.36 Å². The fourth-order valence-electron chi connectivity index (χ4n) is 2.64. The predicted molar refractivity (Wildman–Crippen MR) is 107 cm³/mol. The van der Waals surface area contributed by atoms with Crippen LogP contribution in [0.2, 0.25) is 0 Å². The molecule has 0 saturated carbocycles. The quantitative estimate of drug-likeness (QED) is 0.351. The van der Waals surface area contributed by atoms with Crippen LogP contribution in [0.25, 0.3) is 28.3 Å². The Morgan fingerprint density at radius 2 is 1.47 bits per heavy atom. The van der Waals surface area contributed by atoms with Crippen LogP contribution in [0, 0.1) is 11.6 Å². The molecule has 32 heavy (non-hydrogen) atoms. The summed E-state index contributed by atoms with van der Waals surface area (Å²) in [5.74, 6) is -5.44. The fourth-order valence-corrected chi connectivity index (χ4v) is 3.14. The van der Waals surface area contributed by atoms with Crippen LogP contribution in [0.1, 0.15) is 12.5 Å². The van der Waals surface area contributed by atoms with Crippen LogP contribution in [0.4, 0.5) is 30.7 Å². The van der Waals surface area contributed by atoms with Crippen molar-refractivity contribution in [1.82, 2.24) is 9.97 Å². The molecule has 0 fully saturated rings. The molecule has 11 heteroatoms. The molecule has 0 amide bonds. The third-order valence-electron chi connectivity index (χ3n) is 4.04. The highest BCUT2D eigenvalue weighted by Gasteiger charge is 2.34. The molecule has 1 heterocycles. The van der Waals surface area contributed by atoms with Crippen molar-refractivity contribution >= 4 is 17.6 Å². The van der Waals surface area contributed by atoms with Gasteiger partial charge in [0.2, 0.25) is 5.75 Å². The van der Waals surface area contributed by atoms with Gasteiger partial charge in [0.15, 0.2) is 28.4 Å². The van der Waals surface area contributed by atoms with Crippen molar-refractivity contribution in [2.45, 2.75) is 13.3 Å². The summed E-state index contributed by atoms with van der Waals surface area (Å²) in [5.41, 5.74) is 0.874. The summed E-state index contributed by atoms with van der Waals surface area (Å²) >= 11 is 0.741. The van der Waals surface area contributed by atoms with Crippen LogP contribution in [0.15, 0.2) is 54.0 Å². The first-order valence-corrected chi connectivity index (χ1v) is 9.93. The standard InChI is InChI=1S/C21H13F7N2OS/c1-2-32-19(25)17(24)12-5-3-11(4-6-12)14-9-29-20(30-10-14)13-7-15(22)18(16(23)8-13)31-21(26,27)28/h3-10H,2H2,1H3. The molecule has 1 aromatic heterocycles. The Morgan fingerprint density at radius 3 is 1.97 bits per heavy atom. The van der Waals surface area contributed by atoms with Gasteiger partial charge < -0.3 is 4.74 Å². The van der Waals surface area contributed by atoms with E-state index in [-0.39, 0.29) is 17.0 Å². The van der Waals surface area contributed by atoms with E-state index in [1.165, 1.54) is 36.7 Å². The zero-order valence-corrected chi connectivity index (χ0v) is 17.0. The van der Waals surface area contributed by atoms with E-state index in [4.69, 9.17) is 0 Å². The Kier molecular flexibility index (Phi) is 7.07. The lowest BCUT2D eigenvalue weighted by atomic mass is 10.1. The largest absolute Gasteiger partial charge is 0.573 e. The number of rotatable bonds is 6. The summed E-state index contributed by atoms with van der Waals surface area (Å²) < 4.78 is 95.5. The van der Waals surface area contributed by atoms with Gasteiger partial charge in [-0.05, 0) is 23.4 Å². The second kappa shape index (κ2) is 9.60. The number of thioether (sulfide) groups is 1. The Hall–Kier alpha value is -3.08. The zero-order valence-electron chi connectivity index (χ0n) is 16.2. The van der Waals surface area contributed by atoms with E-state index in [2.05, 4.69) is 14.7 Å². The average molecular weight is 474 g/mol. The maximum atomic E-state index is 14.0. The summed E-state index contributed by atoms with van der Waals surface area (Å²) in [4.78, 5) is 7.94. The van der Waals surface area contributed by atoms with Crippen molar-refractivity contribution in [2.24, 2.45) is 0 Å². The molecule has 0 saturated heterocycles. The first-order chi connectivity index (χ1) is 15.1. The molecule has 0 N–H and O–H groups in total. The third kappa shape index (κ3) is 5.58. The smallest absolute Gasteiger partial charge is 0.399 e. The summed E-state index contributed by atoms with van der Waals surface area (Å²) in [6, 6.07) is 7.01. The number of benzene rings is 2. The van der Waals surface area contributed by atoms with E-state index in [9.17, 15) is 30.7 Å². The van der Waals surface area contributed by atoms with E-state index < -0.39 is 34.7 Å². The predicted octanol–water partition coefficient (Wildman–Crippen LogP) is 7.31. The van der Waals surface area contributed by atoms with Crippen molar-refractivity contribution in [2.75, 3.05) is 5.75 Å². The van der Waals surface area contributed by atoms with Gasteiger partial charge in [-0.1, -0.05) is 43.0 Å². The van der Waals surface area contributed by atoms with Crippen molar-refractivity contribution in [1.29, 1.82) is 0 Å². The Balaban J connectivity index is 1.83. The summed E-state index contributed by atoms with van der Waals surface area (Å²) in [6.45, 7) is 1.69. The molecule has 0 unspecified atom stereocenters. The highest BCUT2D eigenvalue weighted by atomic mass is 32.2. The molecule has 3 nitrogen and oxygen atoms in total. The summed E-state index contributed by atoms with van der Waals surface area (Å²) in [7, 11) is 0. The molecule has 0 aliphatic heterocycles. The fraction of sp³-hybridized carbons (Fsp3) is 0.143. The Labute approximate surface area is 182 Å². The van der Waals surface area contributed by atoms with Gasteiger partial charge in [-0.15, -0.1) is 13.2 Å². The van der Waals surface area contributed by atoms with Crippen LogP contribution in [0.3, 0.4) is 0 Å². The number of hydrogen-bond acceptors (Lipinski definition) is 4. The van der Waals surface area contributed by atoms with Gasteiger partial charge in [0.05, 0.1) is 0 Å². The lowest BCUT2D eigenvalue weighted by Gasteiger charge is -2.11. The van der Waals surface area contributed by atoms with Gasteiger partial charge in [0.25, 0.3) is 0 Å². The van der Waals surface area contributed by atoms with Crippen molar-refractivity contribution < 1.29 is 35.5 Å². The molecule has 3 aromatic rings. The lowest BCUT2D eigenvalue weighted by Crippen LogP contribution is -2.19. The van der Waals surface area contributed by atoms with Crippen molar-refractivity contribution in [3.05, 3.63) is 71.1 Å². The molecule has 3 rings (SSSR count). The first kappa shape index (κ1) is 23.6. The molecule has 0 spiro atoms. The molecule has 168 valence electrons. The third-order valence-corrected chi connectivity index (χ3v) is 4.76. The minimum Gasteiger partial charge on any atom is -0.399 e. The van der Waals surface area contributed by atoms with Crippen molar-refractivity contribution in [3.8, 4) is 28.3 Å². The molecular weight excluding hydrogens is 461 g/mol. The monoisotopic (exact) mass is 474 g/mol. The van der Waals surface area contributed by atoms with E-state index in [1.54, 1.807) is 6.92 Å². The first-order valence-electron chi connectivity index (χ1n) is 8.95. The van der Waals surface area contributed by atoms with E-state index >= 15 is 0 Å². The molecular formula is C21H13F7N2OS. The molecule has 0 bridgehead atoms. The van der Waals surface area contributed by atoms with Crippen LogP contribution < -0.4 is 4.74 Å². The number of nitrogens with zero attached hydrogens (tertiary/aromatic N) is 2. The number of aromatic nitrogens is 2. The molecule has 0 atom stereocenters. The molecule has 2 aromatic carbocycles. The second-order valence-electron chi connectivity index (χ2n) is 6.21. The number of halogens is 7. The molecule has 0 radical (unpaired) electrons. The summed E-state index contributed by atoms with van der Waals surface area (Å²) in [5, 5.41) is -0.918. The molecule has 0 aliphatic rings. The molecule has 0 aliphatic carbocycles. The summed E-state index contributed by atoms with van der Waals surface area (Å²) in [6.07, 6.45) is -2.63. The lowest BCUT2D eigenvalue weighted by molar-refractivity contribution is -0.276. The normalized spacial score (nSPS) is 12.5. The van der Waals surface area contributed by atoms with E-state index in [1.807, 2.05) is 0 Å². The SMILES string of the molecule is CCSC(F)=C(F)c1ccc(-c2cnc(-c3cc(F)c(OC(F)(F)F)c(F)c3)nc2)cc1. The maximum Gasteiger partial charge on any atom is 0.573 e. The van der Waals surface area contributed by atoms with Gasteiger partial charge in [-0.3, -0.25) is 0 Å². The number of ether oxygens (including phenoxy) is 1. The van der Waals surface area contributed by atoms with Crippen molar-refractivity contribution in [3.63, 3.8) is 0 Å². The second-order valence-corrected chi connectivity index (χ2v) is 7.43. The van der Waals surface area contributed by atoms with Gasteiger partial charge in [-0.2, -0.15) is 4.39 Å². The highest BCUT2D eigenvalue weighted by Crippen LogP contribution is 2.33. The van der Waals surface area contributed by atoms with Crippen LogP contribution in [-0.4, -0.2) is 22.1 Å². The van der Waals surface area contributed by atoms with Gasteiger partial charge in [-0.25, -0.2) is 23.1 Å². The highest BCUT2D eigenvalue weighted by molar-refractivity contribution is 8.03. The van der Waals surface area contributed by atoms with Crippen LogP contribution in [0.5, 0.6) is 5.75 Å². The zero-order chi connectivity index (χ0) is 23.5. The Bertz CT molecular complexity index is 1110. The maximum absolute atomic E-state index is 14.0. The van der Waals surface area contributed by atoms with Crippen LogP contribution >= 0.6 is 11.8 Å².